The quantitative estimate of drug-likeness (QED) is 0.614. The molecule has 0 aromatic heterocycles. The minimum atomic E-state index is -0.910. The van der Waals surface area contributed by atoms with E-state index in [0.29, 0.717) is 12.1 Å². The predicted octanol–water partition coefficient (Wildman–Crippen LogP) is 1.15. The van der Waals surface area contributed by atoms with E-state index in [2.05, 4.69) is 5.32 Å². The van der Waals surface area contributed by atoms with E-state index in [1.54, 1.807) is 18.2 Å². The highest BCUT2D eigenvalue weighted by Gasteiger charge is 2.01. The van der Waals surface area contributed by atoms with Crippen LogP contribution in [0.4, 0.5) is 5.69 Å². The number of anilines is 1. The normalized spacial score (nSPS) is 9.79. The first kappa shape index (κ1) is 10.5. The molecule has 0 fully saturated rings. The Balaban J connectivity index is 2.59. The maximum atomic E-state index is 10.6. The molecule has 0 aliphatic carbocycles. The van der Waals surface area contributed by atoms with Crippen molar-refractivity contribution >= 4 is 11.7 Å². The van der Waals surface area contributed by atoms with Gasteiger partial charge in [-0.2, -0.15) is 0 Å². The van der Waals surface area contributed by atoms with Gasteiger partial charge in [0.2, 0.25) is 0 Å². The van der Waals surface area contributed by atoms with Crippen LogP contribution in [0.15, 0.2) is 24.3 Å². The van der Waals surface area contributed by atoms with Crippen molar-refractivity contribution in [2.24, 2.45) is 5.73 Å². The van der Waals surface area contributed by atoms with Gasteiger partial charge in [0.05, 0.1) is 5.56 Å². The van der Waals surface area contributed by atoms with Gasteiger partial charge in [0.25, 0.3) is 0 Å². The van der Waals surface area contributed by atoms with Crippen LogP contribution in [0.2, 0.25) is 0 Å². The molecule has 0 aliphatic rings. The number of carboxylic acid groups (broad SMARTS) is 1. The zero-order valence-corrected chi connectivity index (χ0v) is 7.86. The first-order valence-corrected chi connectivity index (χ1v) is 4.51. The van der Waals surface area contributed by atoms with Gasteiger partial charge >= 0.3 is 5.97 Å². The summed E-state index contributed by atoms with van der Waals surface area (Å²) in [7, 11) is 0. The fourth-order valence-electron chi connectivity index (χ4n) is 1.10. The summed E-state index contributed by atoms with van der Waals surface area (Å²) in [5.74, 6) is -0.910. The lowest BCUT2D eigenvalue weighted by molar-refractivity contribution is 0.0697. The van der Waals surface area contributed by atoms with Crippen LogP contribution in [0, 0.1) is 0 Å². The van der Waals surface area contributed by atoms with E-state index in [4.69, 9.17) is 10.8 Å². The molecule has 0 saturated carbocycles. The molecule has 0 atom stereocenters. The van der Waals surface area contributed by atoms with Crippen molar-refractivity contribution in [3.63, 3.8) is 0 Å². The summed E-state index contributed by atoms with van der Waals surface area (Å²) in [5, 5.41) is 11.8. The molecule has 4 N–H and O–H groups in total. The first-order chi connectivity index (χ1) is 6.74. The highest BCUT2D eigenvalue weighted by molar-refractivity contribution is 5.88. The standard InChI is InChI=1S/C10H14N2O2/c11-5-2-6-12-9-4-1-3-8(7-9)10(13)14/h1,3-4,7,12H,2,5-6,11H2,(H,13,14). The molecule has 0 spiro atoms. The van der Waals surface area contributed by atoms with Crippen LogP contribution >= 0.6 is 0 Å². The highest BCUT2D eigenvalue weighted by Crippen LogP contribution is 2.10. The molecule has 4 heteroatoms. The van der Waals surface area contributed by atoms with Gasteiger partial charge in [-0.05, 0) is 31.2 Å². The second-order valence-electron chi connectivity index (χ2n) is 2.95. The summed E-state index contributed by atoms with van der Waals surface area (Å²) in [6.45, 7) is 1.39. The number of nitrogens with one attached hydrogen (secondary N) is 1. The van der Waals surface area contributed by atoms with Gasteiger partial charge in [-0.1, -0.05) is 6.07 Å². The summed E-state index contributed by atoms with van der Waals surface area (Å²) in [6.07, 6.45) is 0.872. The lowest BCUT2D eigenvalue weighted by atomic mass is 10.2. The highest BCUT2D eigenvalue weighted by atomic mass is 16.4. The van der Waals surface area contributed by atoms with Crippen molar-refractivity contribution in [1.82, 2.24) is 0 Å². The average Bonchev–Trinajstić information content (AvgIpc) is 2.19. The van der Waals surface area contributed by atoms with E-state index in [0.717, 1.165) is 18.7 Å². The molecule has 0 saturated heterocycles. The van der Waals surface area contributed by atoms with Gasteiger partial charge in [-0.15, -0.1) is 0 Å². The van der Waals surface area contributed by atoms with E-state index in [1.807, 2.05) is 6.07 Å². The third kappa shape index (κ3) is 3.06. The Labute approximate surface area is 82.7 Å². The lowest BCUT2D eigenvalue weighted by Gasteiger charge is -2.05. The van der Waals surface area contributed by atoms with E-state index in [-0.39, 0.29) is 0 Å². The molecule has 0 radical (unpaired) electrons. The SMILES string of the molecule is NCCCNc1cccc(C(=O)O)c1. The van der Waals surface area contributed by atoms with E-state index in [1.165, 1.54) is 0 Å². The van der Waals surface area contributed by atoms with Crippen molar-refractivity contribution in [3.05, 3.63) is 29.8 Å². The second kappa shape index (κ2) is 5.24. The first-order valence-electron chi connectivity index (χ1n) is 4.51. The van der Waals surface area contributed by atoms with Gasteiger partial charge in [-0.3, -0.25) is 0 Å². The largest absolute Gasteiger partial charge is 0.478 e. The van der Waals surface area contributed by atoms with Gasteiger partial charge < -0.3 is 16.2 Å². The van der Waals surface area contributed by atoms with E-state index in [9.17, 15) is 4.79 Å². The third-order valence-corrected chi connectivity index (χ3v) is 1.82. The molecule has 0 bridgehead atoms. The topological polar surface area (TPSA) is 75.3 Å². The number of carbonyl (C=O) groups is 1. The molecule has 0 heterocycles. The summed E-state index contributed by atoms with van der Waals surface area (Å²) in [5.41, 5.74) is 6.45. The smallest absolute Gasteiger partial charge is 0.335 e. The number of nitrogens with two attached hydrogens (primary N) is 1. The third-order valence-electron chi connectivity index (χ3n) is 1.82. The van der Waals surface area contributed by atoms with Crippen molar-refractivity contribution in [3.8, 4) is 0 Å². The number of hydrogen-bond acceptors (Lipinski definition) is 3. The minimum absolute atomic E-state index is 0.294. The van der Waals surface area contributed by atoms with E-state index < -0.39 is 5.97 Å². The van der Waals surface area contributed by atoms with Gasteiger partial charge in [0, 0.05) is 12.2 Å². The zero-order chi connectivity index (χ0) is 10.4. The Hall–Kier alpha value is -1.55. The number of rotatable bonds is 5. The molecule has 1 aromatic carbocycles. The predicted molar refractivity (Wildman–Crippen MR) is 55.6 cm³/mol. The Morgan fingerprint density at radius 2 is 2.29 bits per heavy atom. The van der Waals surface area contributed by atoms with Crippen LogP contribution in [-0.4, -0.2) is 24.2 Å². The molecule has 0 aliphatic heterocycles. The minimum Gasteiger partial charge on any atom is -0.478 e. The monoisotopic (exact) mass is 194 g/mol. The fraction of sp³-hybridized carbons (Fsp3) is 0.300. The summed E-state index contributed by atoms with van der Waals surface area (Å²) >= 11 is 0. The van der Waals surface area contributed by atoms with Gasteiger partial charge in [-0.25, -0.2) is 4.79 Å². The van der Waals surface area contributed by atoms with Gasteiger partial charge in [0.1, 0.15) is 0 Å². The Morgan fingerprint density at radius 3 is 2.93 bits per heavy atom. The van der Waals surface area contributed by atoms with Crippen molar-refractivity contribution in [2.45, 2.75) is 6.42 Å². The van der Waals surface area contributed by atoms with Crippen molar-refractivity contribution in [2.75, 3.05) is 18.4 Å². The Kier molecular flexibility index (Phi) is 3.94. The molecule has 4 nitrogen and oxygen atoms in total. The second-order valence-corrected chi connectivity index (χ2v) is 2.95. The Morgan fingerprint density at radius 1 is 1.50 bits per heavy atom. The summed E-state index contributed by atoms with van der Waals surface area (Å²) in [6, 6.07) is 6.73. The molecule has 0 amide bonds. The number of aromatic carboxylic acids is 1. The van der Waals surface area contributed by atoms with Crippen molar-refractivity contribution in [1.29, 1.82) is 0 Å². The summed E-state index contributed by atoms with van der Waals surface area (Å²) < 4.78 is 0. The van der Waals surface area contributed by atoms with Crippen LogP contribution < -0.4 is 11.1 Å². The molecule has 14 heavy (non-hydrogen) atoms. The molecule has 76 valence electrons. The summed E-state index contributed by atoms with van der Waals surface area (Å²) in [4.78, 5) is 10.6. The number of hydrogen-bond donors (Lipinski definition) is 3. The Bertz CT molecular complexity index is 313. The molecule has 0 unspecified atom stereocenters. The molecular formula is C10H14N2O2. The van der Waals surface area contributed by atoms with Crippen LogP contribution in [0.5, 0.6) is 0 Å². The molecule has 1 aromatic rings. The van der Waals surface area contributed by atoms with Gasteiger partial charge in [0.15, 0.2) is 0 Å². The lowest BCUT2D eigenvalue weighted by Crippen LogP contribution is -2.08. The molecule has 1 rings (SSSR count). The van der Waals surface area contributed by atoms with E-state index >= 15 is 0 Å². The van der Waals surface area contributed by atoms with Crippen molar-refractivity contribution < 1.29 is 9.90 Å². The maximum Gasteiger partial charge on any atom is 0.335 e. The zero-order valence-electron chi connectivity index (χ0n) is 7.86. The number of benzene rings is 1. The van der Waals surface area contributed by atoms with Crippen LogP contribution in [-0.2, 0) is 0 Å². The average molecular weight is 194 g/mol. The van der Waals surface area contributed by atoms with Crippen LogP contribution in [0.3, 0.4) is 0 Å². The van der Waals surface area contributed by atoms with Crippen LogP contribution in [0.25, 0.3) is 0 Å². The fourth-order valence-corrected chi connectivity index (χ4v) is 1.10. The molecular weight excluding hydrogens is 180 g/mol. The van der Waals surface area contributed by atoms with Crippen LogP contribution in [0.1, 0.15) is 16.8 Å². The number of carboxylic acids is 1. The maximum absolute atomic E-state index is 10.6.